The molecule has 0 fully saturated rings. The SMILES string of the molecule is Cc1ccnc(NCCNCc2cccc(-c3cc4c(c(S(=O)(=O)Nc5ccsc5C(=O)N[C@@H](CCCNC(=N)N)C(=O)O)c3)OCC4)c2)c1. The summed E-state index contributed by atoms with van der Waals surface area (Å²) >= 11 is 0.982. The molecule has 0 spiro atoms. The number of hydrogen-bond acceptors (Lipinski definition) is 10. The zero-order valence-electron chi connectivity index (χ0n) is 27.4. The molecule has 3 heterocycles. The van der Waals surface area contributed by atoms with Gasteiger partial charge in [-0.3, -0.25) is 14.9 Å². The molecule has 1 aliphatic heterocycles. The number of anilines is 2. The van der Waals surface area contributed by atoms with Gasteiger partial charge in [-0.15, -0.1) is 11.3 Å². The lowest BCUT2D eigenvalue weighted by Gasteiger charge is -2.16. The smallest absolute Gasteiger partial charge is 0.326 e. The van der Waals surface area contributed by atoms with Crippen molar-refractivity contribution in [2.24, 2.45) is 5.73 Å². The van der Waals surface area contributed by atoms with Gasteiger partial charge < -0.3 is 36.8 Å². The first kappa shape index (κ1) is 36.1. The van der Waals surface area contributed by atoms with Gasteiger partial charge >= 0.3 is 5.97 Å². The van der Waals surface area contributed by atoms with E-state index in [1.165, 1.54) is 6.07 Å². The second kappa shape index (κ2) is 16.5. The molecule has 264 valence electrons. The molecule has 0 unspecified atom stereocenters. The molecule has 5 rings (SSSR count). The molecular formula is C34H40N8O6S2. The molecule has 50 heavy (non-hydrogen) atoms. The van der Waals surface area contributed by atoms with Crippen molar-refractivity contribution >= 4 is 50.7 Å². The van der Waals surface area contributed by atoms with Crippen LogP contribution in [0.2, 0.25) is 0 Å². The zero-order chi connectivity index (χ0) is 35.7. The van der Waals surface area contributed by atoms with E-state index >= 15 is 0 Å². The van der Waals surface area contributed by atoms with Crippen molar-refractivity contribution in [2.75, 3.05) is 36.3 Å². The maximum Gasteiger partial charge on any atom is 0.326 e. The number of aliphatic carboxylic acids is 1. The number of hydrogen-bond donors (Lipinski definition) is 8. The normalized spacial score (nSPS) is 12.7. The lowest BCUT2D eigenvalue weighted by molar-refractivity contribution is -0.139. The quantitative estimate of drug-likeness (QED) is 0.0448. The van der Waals surface area contributed by atoms with E-state index in [1.54, 1.807) is 17.6 Å². The Morgan fingerprint density at radius 3 is 2.72 bits per heavy atom. The number of carbonyl (C=O) groups is 2. The first-order valence-electron chi connectivity index (χ1n) is 16.0. The third-order valence-corrected chi connectivity index (χ3v) is 10.1. The highest BCUT2D eigenvalue weighted by molar-refractivity contribution is 7.92. The van der Waals surface area contributed by atoms with E-state index < -0.39 is 27.9 Å². The molecule has 2 aromatic heterocycles. The van der Waals surface area contributed by atoms with E-state index in [0.717, 1.165) is 39.4 Å². The van der Waals surface area contributed by atoms with Crippen molar-refractivity contribution < 1.29 is 27.9 Å². The number of benzene rings is 2. The minimum Gasteiger partial charge on any atom is -0.492 e. The van der Waals surface area contributed by atoms with Crippen molar-refractivity contribution in [1.29, 1.82) is 5.41 Å². The molecule has 14 nitrogen and oxygen atoms in total. The minimum atomic E-state index is -4.25. The van der Waals surface area contributed by atoms with Crippen LogP contribution >= 0.6 is 11.3 Å². The van der Waals surface area contributed by atoms with Crippen molar-refractivity contribution in [3.05, 3.63) is 87.7 Å². The molecule has 0 radical (unpaired) electrons. The van der Waals surface area contributed by atoms with Crippen LogP contribution in [0.5, 0.6) is 5.75 Å². The van der Waals surface area contributed by atoms with Crippen LogP contribution in [0.1, 0.15) is 39.2 Å². The molecule has 0 saturated carbocycles. The number of thiophene rings is 1. The van der Waals surface area contributed by atoms with Crippen molar-refractivity contribution in [1.82, 2.24) is 20.9 Å². The van der Waals surface area contributed by atoms with Gasteiger partial charge in [0, 0.05) is 38.8 Å². The van der Waals surface area contributed by atoms with Gasteiger partial charge in [-0.1, -0.05) is 18.2 Å². The Hall–Kier alpha value is -5.19. The molecule has 4 aromatic rings. The molecule has 0 saturated heterocycles. The van der Waals surface area contributed by atoms with E-state index in [0.29, 0.717) is 44.6 Å². The summed E-state index contributed by atoms with van der Waals surface area (Å²) in [5.74, 6) is -1.12. The first-order valence-corrected chi connectivity index (χ1v) is 18.3. The van der Waals surface area contributed by atoms with Gasteiger partial charge in [0.2, 0.25) is 0 Å². The van der Waals surface area contributed by atoms with Crippen LogP contribution < -0.4 is 36.5 Å². The Kier molecular flexibility index (Phi) is 11.9. The standard InChI is InChI=1S/C34H40N8O6S2/c1-21-7-11-38-29(16-21)39-13-12-37-20-22-4-2-5-23(17-22)25-18-24-8-14-48-30(24)28(19-25)50(46,47)42-26-9-15-49-31(26)32(43)41-27(33(44)45)6-3-10-40-34(35)36/h2,4-5,7,9,11,15-19,27,37,42H,3,6,8,10,12-14,20H2,1H3,(H,38,39)(H,41,43)(H,44,45)(H4,35,36,40)/t27-/m0/s1. The van der Waals surface area contributed by atoms with Crippen LogP contribution in [0.4, 0.5) is 11.5 Å². The van der Waals surface area contributed by atoms with Gasteiger partial charge in [0.1, 0.15) is 27.4 Å². The molecule has 9 N–H and O–H groups in total. The van der Waals surface area contributed by atoms with Gasteiger partial charge in [-0.2, -0.15) is 0 Å². The van der Waals surface area contributed by atoms with E-state index in [1.807, 2.05) is 49.4 Å². The summed E-state index contributed by atoms with van der Waals surface area (Å²) in [6.45, 7) is 4.63. The largest absolute Gasteiger partial charge is 0.492 e. The number of ether oxygens (including phenoxy) is 1. The number of nitrogens with one attached hydrogen (secondary N) is 6. The number of carboxylic acid groups (broad SMARTS) is 1. The van der Waals surface area contributed by atoms with E-state index in [4.69, 9.17) is 15.9 Å². The number of pyridine rings is 1. The lowest BCUT2D eigenvalue weighted by atomic mass is 10.00. The number of nitrogens with two attached hydrogens (primary N) is 1. The van der Waals surface area contributed by atoms with E-state index in [9.17, 15) is 23.1 Å². The Balaban J connectivity index is 1.28. The summed E-state index contributed by atoms with van der Waals surface area (Å²) < 4.78 is 36.1. The maximum atomic E-state index is 13.9. The number of aromatic nitrogens is 1. The van der Waals surface area contributed by atoms with Gasteiger partial charge in [-0.05, 0) is 89.4 Å². The average molecular weight is 721 g/mol. The van der Waals surface area contributed by atoms with Gasteiger partial charge in [0.25, 0.3) is 15.9 Å². The number of amides is 1. The van der Waals surface area contributed by atoms with E-state index in [2.05, 4.69) is 31.0 Å². The zero-order valence-corrected chi connectivity index (χ0v) is 29.0. The molecule has 0 bridgehead atoms. The van der Waals surface area contributed by atoms with Crippen LogP contribution in [0.25, 0.3) is 11.1 Å². The average Bonchev–Trinajstić information content (AvgIpc) is 3.75. The van der Waals surface area contributed by atoms with Crippen LogP contribution in [-0.4, -0.2) is 68.6 Å². The third kappa shape index (κ3) is 9.49. The van der Waals surface area contributed by atoms with Crippen LogP contribution in [0, 0.1) is 12.3 Å². The van der Waals surface area contributed by atoms with E-state index in [-0.39, 0.29) is 40.1 Å². The number of rotatable bonds is 17. The fraction of sp³-hybridized carbons (Fsp3) is 0.294. The third-order valence-electron chi connectivity index (χ3n) is 7.86. The van der Waals surface area contributed by atoms with Gasteiger partial charge in [-0.25, -0.2) is 18.2 Å². The minimum absolute atomic E-state index is 0.0148. The summed E-state index contributed by atoms with van der Waals surface area (Å²) in [4.78, 5) is 29.2. The fourth-order valence-electron chi connectivity index (χ4n) is 5.42. The van der Waals surface area contributed by atoms with Gasteiger partial charge in [0.15, 0.2) is 5.96 Å². The van der Waals surface area contributed by atoms with Crippen LogP contribution in [0.3, 0.4) is 0 Å². The molecule has 1 atom stereocenters. The Bertz CT molecular complexity index is 1970. The number of sulfonamides is 1. The second-order valence-electron chi connectivity index (χ2n) is 11.7. The maximum absolute atomic E-state index is 13.9. The highest BCUT2D eigenvalue weighted by Crippen LogP contribution is 2.39. The predicted molar refractivity (Wildman–Crippen MR) is 193 cm³/mol. The fourth-order valence-corrected chi connectivity index (χ4v) is 7.52. The first-order chi connectivity index (χ1) is 24.0. The summed E-state index contributed by atoms with van der Waals surface area (Å²) in [6.07, 6.45) is 2.71. The molecular weight excluding hydrogens is 681 g/mol. The molecule has 1 amide bonds. The summed E-state index contributed by atoms with van der Waals surface area (Å²) in [5, 5.41) is 30.2. The number of aryl methyl sites for hydroxylation is 1. The topological polar surface area (TPSA) is 221 Å². The predicted octanol–water partition coefficient (Wildman–Crippen LogP) is 3.50. The second-order valence-corrected chi connectivity index (χ2v) is 14.3. The van der Waals surface area contributed by atoms with Gasteiger partial charge in [0.05, 0.1) is 12.3 Å². The number of carbonyl (C=O) groups excluding carboxylic acids is 1. The summed E-state index contributed by atoms with van der Waals surface area (Å²) in [7, 11) is -4.25. The number of fused-ring (bicyclic) bond motifs is 1. The van der Waals surface area contributed by atoms with Crippen molar-refractivity contribution in [3.63, 3.8) is 0 Å². The summed E-state index contributed by atoms with van der Waals surface area (Å²) in [5.41, 5.74) is 9.74. The summed E-state index contributed by atoms with van der Waals surface area (Å²) in [6, 6.07) is 15.5. The highest BCUT2D eigenvalue weighted by Gasteiger charge is 2.29. The Labute approximate surface area is 294 Å². The van der Waals surface area contributed by atoms with Crippen molar-refractivity contribution in [3.8, 4) is 16.9 Å². The Morgan fingerprint density at radius 1 is 1.10 bits per heavy atom. The molecule has 1 aliphatic rings. The Morgan fingerprint density at radius 2 is 1.94 bits per heavy atom. The molecule has 2 aromatic carbocycles. The highest BCUT2D eigenvalue weighted by atomic mass is 32.2. The molecule has 0 aliphatic carbocycles. The monoisotopic (exact) mass is 720 g/mol. The van der Waals surface area contributed by atoms with Crippen molar-refractivity contribution in [2.45, 2.75) is 43.7 Å². The number of nitrogens with zero attached hydrogens (tertiary/aromatic N) is 1. The lowest BCUT2D eigenvalue weighted by Crippen LogP contribution is -2.41. The number of guanidine groups is 1. The number of carboxylic acids is 1. The molecule has 16 heteroatoms. The van der Waals surface area contributed by atoms with Crippen LogP contribution in [-0.2, 0) is 27.8 Å². The van der Waals surface area contributed by atoms with Crippen LogP contribution in [0.15, 0.2) is 71.1 Å².